The van der Waals surface area contributed by atoms with Gasteiger partial charge in [-0.2, -0.15) is 0 Å². The predicted molar refractivity (Wildman–Crippen MR) is 97.0 cm³/mol. The van der Waals surface area contributed by atoms with E-state index in [1.165, 1.54) is 11.1 Å². The second-order valence-electron chi connectivity index (χ2n) is 6.50. The zero-order chi connectivity index (χ0) is 16.4. The number of hydrogen-bond acceptors (Lipinski definition) is 3. The third-order valence-corrected chi connectivity index (χ3v) is 5.04. The van der Waals surface area contributed by atoms with Crippen molar-refractivity contribution >= 4 is 11.4 Å². The van der Waals surface area contributed by atoms with E-state index in [2.05, 4.69) is 56.0 Å². The normalized spacial score (nSPS) is 15.9. The van der Waals surface area contributed by atoms with Crippen LogP contribution in [0, 0.1) is 6.92 Å². The summed E-state index contributed by atoms with van der Waals surface area (Å²) in [5, 5.41) is 0. The van der Waals surface area contributed by atoms with Crippen molar-refractivity contribution in [2.45, 2.75) is 45.8 Å². The van der Waals surface area contributed by atoms with E-state index in [0.29, 0.717) is 0 Å². The maximum absolute atomic E-state index is 6.38. The van der Waals surface area contributed by atoms with Crippen molar-refractivity contribution in [1.29, 1.82) is 0 Å². The summed E-state index contributed by atoms with van der Waals surface area (Å²) in [4.78, 5) is 2.44. The fraction of sp³-hybridized carbons (Fsp3) is 0.400. The van der Waals surface area contributed by atoms with Gasteiger partial charge in [0.15, 0.2) is 0 Å². The van der Waals surface area contributed by atoms with E-state index < -0.39 is 0 Å². The van der Waals surface area contributed by atoms with Crippen molar-refractivity contribution in [3.8, 4) is 5.75 Å². The lowest BCUT2D eigenvalue weighted by Crippen LogP contribution is -2.50. The van der Waals surface area contributed by atoms with Crippen LogP contribution in [0.25, 0.3) is 0 Å². The quantitative estimate of drug-likeness (QED) is 0.843. The molecule has 0 aliphatic carbocycles. The van der Waals surface area contributed by atoms with Crippen LogP contribution in [0.3, 0.4) is 0 Å². The fourth-order valence-corrected chi connectivity index (χ4v) is 3.32. The second-order valence-corrected chi connectivity index (χ2v) is 6.50. The van der Waals surface area contributed by atoms with Gasteiger partial charge < -0.3 is 15.4 Å². The second kappa shape index (κ2) is 6.15. The minimum atomic E-state index is -0.135. The van der Waals surface area contributed by atoms with Crippen molar-refractivity contribution in [3.63, 3.8) is 0 Å². The molecule has 122 valence electrons. The predicted octanol–water partition coefficient (Wildman–Crippen LogP) is 4.54. The molecule has 0 radical (unpaired) electrons. The summed E-state index contributed by atoms with van der Waals surface area (Å²) in [5.41, 5.74) is 10.4. The summed E-state index contributed by atoms with van der Waals surface area (Å²) in [7, 11) is 0. The number of nitrogen functional groups attached to an aromatic ring is 1. The summed E-state index contributed by atoms with van der Waals surface area (Å²) in [6.07, 6.45) is 1.98. The molecule has 2 N–H and O–H groups in total. The molecular formula is C20H26N2O. The average molecular weight is 310 g/mol. The van der Waals surface area contributed by atoms with Gasteiger partial charge >= 0.3 is 0 Å². The molecule has 0 bridgehead atoms. The van der Waals surface area contributed by atoms with E-state index in [1.54, 1.807) is 0 Å². The molecule has 0 atom stereocenters. The van der Waals surface area contributed by atoms with Gasteiger partial charge in [0.2, 0.25) is 0 Å². The number of aryl methyl sites for hydroxylation is 1. The van der Waals surface area contributed by atoms with Gasteiger partial charge in [-0.15, -0.1) is 0 Å². The molecule has 3 heteroatoms. The van der Waals surface area contributed by atoms with Crippen LogP contribution < -0.4 is 15.4 Å². The highest BCUT2D eigenvalue weighted by Crippen LogP contribution is 2.41. The first-order chi connectivity index (χ1) is 11.1. The summed E-state index contributed by atoms with van der Waals surface area (Å²) >= 11 is 0. The summed E-state index contributed by atoms with van der Waals surface area (Å²) in [5.74, 6) is 0.911. The minimum Gasteiger partial charge on any atom is -0.483 e. The number of hydrogen-bond donors (Lipinski definition) is 1. The Morgan fingerprint density at radius 1 is 1.13 bits per heavy atom. The van der Waals surface area contributed by atoms with Crippen molar-refractivity contribution < 1.29 is 4.74 Å². The van der Waals surface area contributed by atoms with Crippen LogP contribution in [-0.4, -0.2) is 12.1 Å². The van der Waals surface area contributed by atoms with Crippen LogP contribution >= 0.6 is 0 Å². The Kier molecular flexibility index (Phi) is 4.20. The number of ether oxygens (including phenoxy) is 1. The Morgan fingerprint density at radius 3 is 2.57 bits per heavy atom. The molecule has 2 aromatic carbocycles. The first kappa shape index (κ1) is 15.7. The highest BCUT2D eigenvalue weighted by molar-refractivity contribution is 5.66. The molecule has 0 spiro atoms. The molecule has 1 heterocycles. The van der Waals surface area contributed by atoms with Gasteiger partial charge in [-0.05, 0) is 43.0 Å². The molecule has 1 aliphatic rings. The molecular weight excluding hydrogens is 284 g/mol. The third-order valence-electron chi connectivity index (χ3n) is 5.04. The van der Waals surface area contributed by atoms with Gasteiger partial charge in [-0.25, -0.2) is 0 Å². The standard InChI is InChI=1S/C20H26N2O/c1-4-20(5-2)14-22(13-16-9-7-6-8-15(16)3)18-11-10-17(21)12-19(18)23-20/h6-12H,4-5,13-14,21H2,1-3H3. The van der Waals surface area contributed by atoms with Crippen LogP contribution in [0.2, 0.25) is 0 Å². The molecule has 3 nitrogen and oxygen atoms in total. The van der Waals surface area contributed by atoms with Gasteiger partial charge in [0, 0.05) is 18.3 Å². The van der Waals surface area contributed by atoms with Crippen molar-refractivity contribution in [1.82, 2.24) is 0 Å². The molecule has 0 saturated heterocycles. The Balaban J connectivity index is 2.00. The Labute approximate surface area is 139 Å². The maximum Gasteiger partial charge on any atom is 0.145 e. The van der Waals surface area contributed by atoms with Gasteiger partial charge in [-0.3, -0.25) is 0 Å². The first-order valence-electron chi connectivity index (χ1n) is 8.45. The lowest BCUT2D eigenvalue weighted by Gasteiger charge is -2.44. The zero-order valence-corrected chi connectivity index (χ0v) is 14.3. The summed E-state index contributed by atoms with van der Waals surface area (Å²) in [6.45, 7) is 8.38. The highest BCUT2D eigenvalue weighted by atomic mass is 16.5. The zero-order valence-electron chi connectivity index (χ0n) is 14.3. The van der Waals surface area contributed by atoms with E-state index in [1.807, 2.05) is 12.1 Å². The molecule has 2 aromatic rings. The molecule has 1 aliphatic heterocycles. The van der Waals surface area contributed by atoms with Gasteiger partial charge in [-0.1, -0.05) is 38.1 Å². The lowest BCUT2D eigenvalue weighted by atomic mass is 9.93. The maximum atomic E-state index is 6.38. The van der Waals surface area contributed by atoms with Gasteiger partial charge in [0.05, 0.1) is 12.2 Å². The molecule has 0 aromatic heterocycles. The molecule has 23 heavy (non-hydrogen) atoms. The fourth-order valence-electron chi connectivity index (χ4n) is 3.32. The van der Waals surface area contributed by atoms with Crippen LogP contribution in [-0.2, 0) is 6.54 Å². The topological polar surface area (TPSA) is 38.5 Å². The number of anilines is 2. The van der Waals surface area contributed by atoms with Crippen molar-refractivity contribution in [2.24, 2.45) is 0 Å². The number of rotatable bonds is 4. The Morgan fingerprint density at radius 2 is 1.87 bits per heavy atom. The number of nitrogens with zero attached hydrogens (tertiary/aromatic N) is 1. The van der Waals surface area contributed by atoms with E-state index in [-0.39, 0.29) is 5.60 Å². The van der Waals surface area contributed by atoms with Crippen LogP contribution in [0.4, 0.5) is 11.4 Å². The van der Waals surface area contributed by atoms with Crippen molar-refractivity contribution in [3.05, 3.63) is 53.6 Å². The third kappa shape index (κ3) is 3.00. The van der Waals surface area contributed by atoms with E-state index in [0.717, 1.165) is 43.1 Å². The summed E-state index contributed by atoms with van der Waals surface area (Å²) in [6, 6.07) is 14.6. The van der Waals surface area contributed by atoms with E-state index in [4.69, 9.17) is 10.5 Å². The molecule has 3 rings (SSSR count). The Bertz CT molecular complexity index is 692. The van der Waals surface area contributed by atoms with Gasteiger partial charge in [0.25, 0.3) is 0 Å². The summed E-state index contributed by atoms with van der Waals surface area (Å²) < 4.78 is 6.38. The van der Waals surface area contributed by atoms with E-state index in [9.17, 15) is 0 Å². The number of fused-ring (bicyclic) bond motifs is 1. The number of benzene rings is 2. The Hall–Kier alpha value is -2.16. The van der Waals surface area contributed by atoms with Crippen LogP contribution in [0.5, 0.6) is 5.75 Å². The van der Waals surface area contributed by atoms with E-state index >= 15 is 0 Å². The molecule has 0 fully saturated rings. The molecule has 0 amide bonds. The minimum absolute atomic E-state index is 0.135. The molecule has 0 saturated carbocycles. The first-order valence-corrected chi connectivity index (χ1v) is 8.45. The lowest BCUT2D eigenvalue weighted by molar-refractivity contribution is 0.0571. The van der Waals surface area contributed by atoms with Gasteiger partial charge in [0.1, 0.15) is 11.4 Å². The van der Waals surface area contributed by atoms with Crippen molar-refractivity contribution in [2.75, 3.05) is 17.2 Å². The smallest absolute Gasteiger partial charge is 0.145 e. The number of nitrogens with two attached hydrogens (primary N) is 1. The van der Waals surface area contributed by atoms with Crippen LogP contribution in [0.1, 0.15) is 37.8 Å². The highest BCUT2D eigenvalue weighted by Gasteiger charge is 2.37. The molecule has 0 unspecified atom stereocenters. The van der Waals surface area contributed by atoms with Crippen LogP contribution in [0.15, 0.2) is 42.5 Å². The SMILES string of the molecule is CCC1(CC)CN(Cc2ccccc2C)c2ccc(N)cc2O1. The largest absolute Gasteiger partial charge is 0.483 e. The average Bonchev–Trinajstić information content (AvgIpc) is 2.56. The monoisotopic (exact) mass is 310 g/mol.